The second-order valence-corrected chi connectivity index (χ2v) is 11.4. The summed E-state index contributed by atoms with van der Waals surface area (Å²) in [6.07, 6.45) is 0. The summed E-state index contributed by atoms with van der Waals surface area (Å²) >= 11 is 14.6. The Morgan fingerprint density at radius 1 is 0.548 bits per heavy atom. The van der Waals surface area contributed by atoms with Crippen molar-refractivity contribution in [3.63, 3.8) is 0 Å². The highest BCUT2D eigenvalue weighted by Crippen LogP contribution is 2.54. The molecule has 2 aliphatic carbocycles. The molecule has 0 radical (unpaired) electrons. The lowest BCUT2D eigenvalue weighted by molar-refractivity contribution is 0.104. The van der Waals surface area contributed by atoms with Gasteiger partial charge in [0.15, 0.2) is 5.78 Å². The fourth-order valence-electron chi connectivity index (χ4n) is 4.93. The molecule has 0 aromatic heterocycles. The number of benzene rings is 4. The molecule has 4 aromatic rings. The predicted octanol–water partition coefficient (Wildman–Crippen LogP) is 9.11. The van der Waals surface area contributed by atoms with Crippen LogP contribution >= 0.6 is 63.7 Å². The zero-order chi connectivity index (χ0) is 21.4. The molecule has 2 aliphatic rings. The van der Waals surface area contributed by atoms with Crippen molar-refractivity contribution in [3.05, 3.63) is 112 Å². The van der Waals surface area contributed by atoms with Crippen LogP contribution in [0.1, 0.15) is 38.5 Å². The van der Waals surface area contributed by atoms with E-state index in [4.69, 9.17) is 0 Å². The van der Waals surface area contributed by atoms with Crippen molar-refractivity contribution < 1.29 is 4.79 Å². The molecule has 0 saturated carbocycles. The first kappa shape index (κ1) is 20.1. The third-order valence-corrected chi connectivity index (χ3v) is 8.34. The third kappa shape index (κ3) is 2.93. The maximum Gasteiger partial charge on any atom is 0.194 e. The quantitative estimate of drug-likeness (QED) is 0.172. The third-order valence-electron chi connectivity index (χ3n) is 6.16. The van der Waals surface area contributed by atoms with Gasteiger partial charge < -0.3 is 0 Å². The molecule has 0 atom stereocenters. The summed E-state index contributed by atoms with van der Waals surface area (Å²) in [6, 6.07) is 22.9. The van der Waals surface area contributed by atoms with Crippen LogP contribution in [0.3, 0.4) is 0 Å². The number of fused-ring (bicyclic) bond motifs is 6. The largest absolute Gasteiger partial charge is 0.289 e. The Morgan fingerprint density at radius 2 is 1.06 bits per heavy atom. The first-order chi connectivity index (χ1) is 14.9. The Morgan fingerprint density at radius 3 is 1.68 bits per heavy atom. The Hall–Kier alpha value is -1.53. The van der Waals surface area contributed by atoms with Gasteiger partial charge in [-0.1, -0.05) is 88.0 Å². The molecule has 6 rings (SSSR count). The topological polar surface area (TPSA) is 17.1 Å². The van der Waals surface area contributed by atoms with Crippen LogP contribution in [-0.2, 0) is 0 Å². The summed E-state index contributed by atoms with van der Waals surface area (Å²) in [6.45, 7) is 0. The highest BCUT2D eigenvalue weighted by molar-refractivity contribution is 9.11. The molecule has 0 spiro atoms. The van der Waals surface area contributed by atoms with Crippen molar-refractivity contribution in [3.8, 4) is 22.3 Å². The van der Waals surface area contributed by atoms with Gasteiger partial charge in [-0.25, -0.2) is 0 Å². The lowest BCUT2D eigenvalue weighted by Gasteiger charge is -2.20. The van der Waals surface area contributed by atoms with E-state index in [9.17, 15) is 4.79 Å². The zero-order valence-corrected chi connectivity index (χ0v) is 22.2. The Kier molecular flexibility index (Phi) is 4.70. The van der Waals surface area contributed by atoms with E-state index in [1.54, 1.807) is 0 Å². The average molecular weight is 660 g/mol. The molecule has 0 bridgehead atoms. The molecule has 0 unspecified atom stereocenters. The van der Waals surface area contributed by atoms with Gasteiger partial charge in [0.05, 0.1) is 0 Å². The number of hydrogen-bond donors (Lipinski definition) is 0. The van der Waals surface area contributed by atoms with Crippen molar-refractivity contribution in [2.45, 2.75) is 5.92 Å². The molecule has 150 valence electrons. The molecule has 0 fully saturated rings. The average Bonchev–Trinajstić information content (AvgIpc) is 3.19. The maximum atomic E-state index is 13.7. The van der Waals surface area contributed by atoms with Crippen LogP contribution in [-0.4, -0.2) is 5.78 Å². The minimum absolute atomic E-state index is 0.0361. The molecule has 0 heterocycles. The number of rotatable bonds is 1. The Labute approximate surface area is 213 Å². The van der Waals surface area contributed by atoms with Crippen LogP contribution in [0.2, 0.25) is 0 Å². The van der Waals surface area contributed by atoms with Crippen LogP contribution in [0.15, 0.2) is 84.6 Å². The molecule has 0 saturated heterocycles. The van der Waals surface area contributed by atoms with E-state index in [0.29, 0.717) is 0 Å². The van der Waals surface area contributed by atoms with Gasteiger partial charge in [-0.2, -0.15) is 0 Å². The second kappa shape index (κ2) is 7.24. The highest BCUT2D eigenvalue weighted by Gasteiger charge is 2.38. The summed E-state index contributed by atoms with van der Waals surface area (Å²) in [5, 5.41) is 0. The first-order valence-electron chi connectivity index (χ1n) is 9.70. The van der Waals surface area contributed by atoms with E-state index >= 15 is 0 Å². The van der Waals surface area contributed by atoms with Gasteiger partial charge in [-0.3, -0.25) is 4.79 Å². The molecule has 1 nitrogen and oxygen atoms in total. The standard InChI is InChI=1S/C26H12Br4O/c27-12-1-4-15-16-5-2-13(28)10-20(16)23(19(15)9-12)25-22(30)8-7-18-17-6-3-14(29)11-21(17)26(31)24(18)25/h1-11,23H. The monoisotopic (exact) mass is 656 g/mol. The van der Waals surface area contributed by atoms with Gasteiger partial charge in [0.25, 0.3) is 0 Å². The van der Waals surface area contributed by atoms with Gasteiger partial charge in [0.2, 0.25) is 0 Å². The summed E-state index contributed by atoms with van der Waals surface area (Å²) in [5.74, 6) is 0.0496. The molecular weight excluding hydrogens is 648 g/mol. The van der Waals surface area contributed by atoms with Crippen molar-refractivity contribution in [1.82, 2.24) is 0 Å². The fourth-order valence-corrected chi connectivity index (χ4v) is 6.61. The fraction of sp³-hybridized carbons (Fsp3) is 0.0385. The molecule has 0 aliphatic heterocycles. The normalized spacial score (nSPS) is 13.7. The van der Waals surface area contributed by atoms with Crippen molar-refractivity contribution in [1.29, 1.82) is 0 Å². The van der Waals surface area contributed by atoms with E-state index in [1.807, 2.05) is 18.2 Å². The molecule has 5 heteroatoms. The first-order valence-corrected chi connectivity index (χ1v) is 12.9. The number of carbonyl (C=O) groups is 1. The van der Waals surface area contributed by atoms with Crippen LogP contribution in [0, 0.1) is 0 Å². The summed E-state index contributed by atoms with van der Waals surface area (Å²) < 4.78 is 3.93. The van der Waals surface area contributed by atoms with Gasteiger partial charge in [-0.15, -0.1) is 0 Å². The summed E-state index contributed by atoms with van der Waals surface area (Å²) in [4.78, 5) is 13.7. The van der Waals surface area contributed by atoms with Crippen molar-refractivity contribution in [2.75, 3.05) is 0 Å². The van der Waals surface area contributed by atoms with Crippen molar-refractivity contribution >= 4 is 69.5 Å². The predicted molar refractivity (Wildman–Crippen MR) is 139 cm³/mol. The van der Waals surface area contributed by atoms with Gasteiger partial charge in [-0.05, 0) is 81.4 Å². The second-order valence-electron chi connectivity index (χ2n) is 7.80. The van der Waals surface area contributed by atoms with Crippen molar-refractivity contribution in [2.24, 2.45) is 0 Å². The Balaban J connectivity index is 1.69. The molecular formula is C26H12Br4O. The SMILES string of the molecule is O=C1c2cc(Br)ccc2-c2ccc(Br)c(C3c4cc(Br)ccc4-c4ccc(Br)cc43)c21. The van der Waals surface area contributed by atoms with Gasteiger partial charge >= 0.3 is 0 Å². The molecule has 0 amide bonds. The number of halogens is 4. The van der Waals surface area contributed by atoms with E-state index in [1.165, 1.54) is 22.3 Å². The van der Waals surface area contributed by atoms with Gasteiger partial charge in [0, 0.05) is 34.9 Å². The molecule has 4 aromatic carbocycles. The van der Waals surface area contributed by atoms with Gasteiger partial charge in [0.1, 0.15) is 0 Å². The minimum Gasteiger partial charge on any atom is -0.289 e. The number of ketones is 1. The van der Waals surface area contributed by atoms with Crippen LogP contribution in [0.25, 0.3) is 22.3 Å². The maximum absolute atomic E-state index is 13.7. The highest BCUT2D eigenvalue weighted by atomic mass is 79.9. The smallest absolute Gasteiger partial charge is 0.194 e. The summed E-state index contributed by atoms with van der Waals surface area (Å²) in [5.41, 5.74) is 9.44. The minimum atomic E-state index is -0.0361. The van der Waals surface area contributed by atoms with E-state index < -0.39 is 0 Å². The van der Waals surface area contributed by atoms with E-state index in [0.717, 1.165) is 45.7 Å². The zero-order valence-electron chi connectivity index (χ0n) is 15.8. The van der Waals surface area contributed by atoms with Crippen LogP contribution in [0.5, 0.6) is 0 Å². The van der Waals surface area contributed by atoms with Crippen LogP contribution in [0.4, 0.5) is 0 Å². The summed E-state index contributed by atoms with van der Waals surface area (Å²) in [7, 11) is 0. The van der Waals surface area contributed by atoms with E-state index in [2.05, 4.69) is 112 Å². The van der Waals surface area contributed by atoms with E-state index in [-0.39, 0.29) is 11.7 Å². The Bertz CT molecular complexity index is 1400. The number of hydrogen-bond acceptors (Lipinski definition) is 1. The molecule has 31 heavy (non-hydrogen) atoms. The lowest BCUT2D eigenvalue weighted by atomic mass is 9.84. The lowest BCUT2D eigenvalue weighted by Crippen LogP contribution is -2.08. The molecule has 0 N–H and O–H groups in total. The van der Waals surface area contributed by atoms with Crippen LogP contribution < -0.4 is 0 Å². The number of carbonyl (C=O) groups excluding carboxylic acids is 1.